The van der Waals surface area contributed by atoms with Crippen LogP contribution in [-0.4, -0.2) is 47.2 Å². The van der Waals surface area contributed by atoms with Gasteiger partial charge in [0, 0.05) is 42.3 Å². The molecule has 0 saturated carbocycles. The second-order valence-electron chi connectivity index (χ2n) is 9.67. The summed E-state index contributed by atoms with van der Waals surface area (Å²) in [4.78, 5) is 29.8. The van der Waals surface area contributed by atoms with Gasteiger partial charge >= 0.3 is 0 Å². The molecule has 0 radical (unpaired) electrons. The van der Waals surface area contributed by atoms with Gasteiger partial charge in [-0.05, 0) is 22.8 Å². The van der Waals surface area contributed by atoms with E-state index >= 15 is 0 Å². The van der Waals surface area contributed by atoms with E-state index in [0.29, 0.717) is 32.6 Å². The van der Waals surface area contributed by atoms with Crippen LogP contribution in [-0.2, 0) is 15.2 Å². The first-order chi connectivity index (χ1) is 18.1. The Morgan fingerprint density at radius 3 is 2.57 bits per heavy atom. The Morgan fingerprint density at radius 2 is 1.76 bits per heavy atom. The monoisotopic (exact) mass is 535 g/mol. The van der Waals surface area contributed by atoms with Gasteiger partial charge in [0.2, 0.25) is 11.2 Å². The van der Waals surface area contributed by atoms with Crippen molar-refractivity contribution in [3.8, 4) is 5.75 Å². The summed E-state index contributed by atoms with van der Waals surface area (Å²) in [5.41, 5.74) is 3.45. The second kappa shape index (κ2) is 8.88. The number of aromatic nitrogens is 1. The minimum atomic E-state index is -0.727. The lowest BCUT2D eigenvalue weighted by atomic mass is 9.91. The van der Waals surface area contributed by atoms with Crippen LogP contribution in [0.25, 0.3) is 0 Å². The van der Waals surface area contributed by atoms with Crippen molar-refractivity contribution >= 4 is 27.1 Å². The summed E-state index contributed by atoms with van der Waals surface area (Å²) in [6, 6.07) is 18.1. The van der Waals surface area contributed by atoms with Crippen LogP contribution in [0, 0.1) is 0 Å². The molecule has 10 heteroatoms. The quantitative estimate of drug-likeness (QED) is 0.464. The van der Waals surface area contributed by atoms with Crippen molar-refractivity contribution in [2.45, 2.75) is 41.5 Å². The summed E-state index contributed by atoms with van der Waals surface area (Å²) in [5, 5.41) is 2.22. The number of nitrogens with zero attached hydrogens (tertiary/aromatic N) is 3. The SMILES string of the molecule is O=C1c2c(OP)c(=O)ccn2N([C@H]2c3ccccc3CSc3ccccc32)[C@@H]2CC3(CCN12)OCCO3. The molecule has 0 bridgehead atoms. The van der Waals surface area contributed by atoms with Crippen molar-refractivity contribution in [3.05, 3.63) is 93.4 Å². The number of benzene rings is 2. The molecule has 4 aliphatic rings. The fraction of sp³-hybridized carbons (Fsp3) is 0.333. The van der Waals surface area contributed by atoms with E-state index in [1.54, 1.807) is 6.20 Å². The number of carbonyl (C=O) groups excluding carboxylic acids is 1. The highest BCUT2D eigenvalue weighted by molar-refractivity contribution is 7.98. The number of piperidine rings is 1. The normalized spacial score (nSPS) is 23.6. The summed E-state index contributed by atoms with van der Waals surface area (Å²) in [5.74, 6) is -0.0832. The average Bonchev–Trinajstić information content (AvgIpc) is 3.30. The number of rotatable bonds is 2. The van der Waals surface area contributed by atoms with Gasteiger partial charge in [-0.25, -0.2) is 0 Å². The van der Waals surface area contributed by atoms with Crippen LogP contribution >= 0.6 is 21.2 Å². The first-order valence-electron chi connectivity index (χ1n) is 12.4. The molecule has 7 rings (SSSR count). The van der Waals surface area contributed by atoms with Crippen LogP contribution in [0.3, 0.4) is 0 Å². The minimum absolute atomic E-state index is 0.0270. The number of pyridine rings is 1. The van der Waals surface area contributed by atoms with Gasteiger partial charge in [-0.2, -0.15) is 0 Å². The highest BCUT2D eigenvalue weighted by Crippen LogP contribution is 2.47. The van der Waals surface area contributed by atoms with Crippen LogP contribution in [0.4, 0.5) is 0 Å². The maximum atomic E-state index is 13.9. The zero-order valence-electron chi connectivity index (χ0n) is 20.0. The predicted octanol–water partition coefficient (Wildman–Crippen LogP) is 3.67. The molecule has 1 aromatic heterocycles. The van der Waals surface area contributed by atoms with Gasteiger partial charge in [0.1, 0.15) is 6.17 Å². The van der Waals surface area contributed by atoms with E-state index < -0.39 is 5.79 Å². The van der Waals surface area contributed by atoms with Crippen LogP contribution in [0.15, 0.2) is 70.5 Å². The lowest BCUT2D eigenvalue weighted by Gasteiger charge is -2.54. The van der Waals surface area contributed by atoms with Gasteiger partial charge in [0.25, 0.3) is 5.91 Å². The molecule has 1 amide bonds. The van der Waals surface area contributed by atoms with E-state index in [9.17, 15) is 9.59 Å². The highest BCUT2D eigenvalue weighted by atomic mass is 32.2. The standard InChI is InChI=1S/C27H26N3O5PS/c31-20-9-11-29-24(25(20)35-36)26(32)28-12-10-27(33-13-14-34-27)15-22(28)30(29)23-18-6-2-1-5-17(18)16-37-21-8-4-3-7-19(21)23/h1-9,11,22-23H,10,12-16,36H2/t22-,23+/m1/s1. The number of thioether (sulfide) groups is 1. The van der Waals surface area contributed by atoms with Gasteiger partial charge in [-0.1, -0.05) is 42.5 Å². The van der Waals surface area contributed by atoms with E-state index in [-0.39, 0.29) is 35.0 Å². The topological polar surface area (TPSA) is 73.2 Å². The first kappa shape index (κ1) is 23.3. The summed E-state index contributed by atoms with van der Waals surface area (Å²) < 4.78 is 19.5. The van der Waals surface area contributed by atoms with Gasteiger partial charge in [0.15, 0.2) is 11.5 Å². The lowest BCUT2D eigenvalue weighted by molar-refractivity contribution is -0.195. The van der Waals surface area contributed by atoms with E-state index in [1.807, 2.05) is 21.3 Å². The molecule has 1 unspecified atom stereocenters. The van der Waals surface area contributed by atoms with Crippen molar-refractivity contribution in [2.24, 2.45) is 0 Å². The third-order valence-corrected chi connectivity index (χ3v) is 9.16. The molecular weight excluding hydrogens is 509 g/mol. The summed E-state index contributed by atoms with van der Waals surface area (Å²) in [7, 11) is 2.13. The molecule has 2 fully saturated rings. The van der Waals surface area contributed by atoms with Crippen molar-refractivity contribution in [3.63, 3.8) is 0 Å². The van der Waals surface area contributed by atoms with E-state index in [1.165, 1.54) is 22.1 Å². The van der Waals surface area contributed by atoms with Gasteiger partial charge in [0.05, 0.1) is 28.7 Å². The maximum Gasteiger partial charge on any atom is 0.278 e. The predicted molar refractivity (Wildman–Crippen MR) is 142 cm³/mol. The Morgan fingerprint density at radius 1 is 1.00 bits per heavy atom. The maximum absolute atomic E-state index is 13.9. The molecule has 8 nitrogen and oxygen atoms in total. The molecule has 2 saturated heterocycles. The van der Waals surface area contributed by atoms with Crippen LogP contribution in [0.5, 0.6) is 5.75 Å². The Hall–Kier alpha value is -2.84. The average molecular weight is 536 g/mol. The molecule has 4 aliphatic heterocycles. The molecular formula is C27H26N3O5PS. The number of fused-ring (bicyclic) bond motifs is 4. The molecule has 0 aliphatic carbocycles. The summed E-state index contributed by atoms with van der Waals surface area (Å²) in [6.07, 6.45) is 2.40. The molecule has 1 spiro atoms. The minimum Gasteiger partial charge on any atom is -0.474 e. The van der Waals surface area contributed by atoms with Crippen molar-refractivity contribution < 1.29 is 18.8 Å². The fourth-order valence-corrected chi connectivity index (χ4v) is 7.45. The molecule has 3 atom stereocenters. The van der Waals surface area contributed by atoms with E-state index in [0.717, 1.165) is 11.3 Å². The summed E-state index contributed by atoms with van der Waals surface area (Å²) in [6.45, 7) is 1.53. The number of amides is 1. The molecule has 3 aromatic rings. The van der Waals surface area contributed by atoms with Crippen LogP contribution in [0.2, 0.25) is 0 Å². The number of hydrogen-bond acceptors (Lipinski definition) is 7. The first-order valence-corrected chi connectivity index (χ1v) is 13.9. The third kappa shape index (κ3) is 3.56. The molecule has 0 N–H and O–H groups in total. The van der Waals surface area contributed by atoms with Gasteiger partial charge in [-0.3, -0.25) is 19.3 Å². The fourth-order valence-electron chi connectivity index (χ4n) is 6.13. The van der Waals surface area contributed by atoms with Crippen molar-refractivity contribution in [2.75, 3.05) is 24.8 Å². The lowest BCUT2D eigenvalue weighted by Crippen LogP contribution is -2.67. The number of carbonyl (C=O) groups is 1. The van der Waals surface area contributed by atoms with Gasteiger partial charge < -0.3 is 18.9 Å². The zero-order chi connectivity index (χ0) is 25.1. The van der Waals surface area contributed by atoms with E-state index in [2.05, 4.69) is 63.0 Å². The molecule has 5 heterocycles. The Balaban J connectivity index is 1.50. The van der Waals surface area contributed by atoms with Crippen LogP contribution < -0.4 is 15.0 Å². The van der Waals surface area contributed by atoms with E-state index in [4.69, 9.17) is 14.0 Å². The molecule has 37 heavy (non-hydrogen) atoms. The highest BCUT2D eigenvalue weighted by Gasteiger charge is 2.53. The zero-order valence-corrected chi connectivity index (χ0v) is 22.0. The van der Waals surface area contributed by atoms with Crippen molar-refractivity contribution in [1.29, 1.82) is 0 Å². The second-order valence-corrected chi connectivity index (χ2v) is 10.9. The summed E-state index contributed by atoms with van der Waals surface area (Å²) >= 11 is 1.82. The molecule has 190 valence electrons. The largest absolute Gasteiger partial charge is 0.474 e. The van der Waals surface area contributed by atoms with Crippen LogP contribution in [0.1, 0.15) is 46.1 Å². The Kier molecular flexibility index (Phi) is 5.59. The van der Waals surface area contributed by atoms with Crippen molar-refractivity contribution in [1.82, 2.24) is 9.58 Å². The smallest absolute Gasteiger partial charge is 0.278 e. The number of hydrogen-bond donors (Lipinski definition) is 0. The third-order valence-electron chi connectivity index (χ3n) is 7.78. The van der Waals surface area contributed by atoms with Gasteiger partial charge in [-0.15, -0.1) is 11.8 Å². The number of ether oxygens (including phenoxy) is 2. The molecule has 2 aromatic carbocycles. The Bertz CT molecular complexity index is 1410. The Labute approximate surface area is 220 Å².